The Hall–Kier alpha value is -0.450. The Bertz CT molecular complexity index is 403. The molecule has 0 aliphatic heterocycles. The van der Waals surface area contributed by atoms with Crippen LogP contribution in [-0.2, 0) is 0 Å². The van der Waals surface area contributed by atoms with Gasteiger partial charge in [-0.1, -0.05) is 19.8 Å². The molecule has 1 fully saturated rings. The van der Waals surface area contributed by atoms with E-state index in [0.29, 0.717) is 6.54 Å². The fraction of sp³-hybridized carbons (Fsp3) is 0.643. The molecule has 2 rings (SSSR count). The van der Waals surface area contributed by atoms with E-state index in [2.05, 4.69) is 27.8 Å². The van der Waals surface area contributed by atoms with Gasteiger partial charge in [0.25, 0.3) is 0 Å². The van der Waals surface area contributed by atoms with Crippen LogP contribution in [0.4, 0.5) is 0 Å². The van der Waals surface area contributed by atoms with Gasteiger partial charge in [-0.3, -0.25) is 4.98 Å². The van der Waals surface area contributed by atoms with Crippen LogP contribution in [0.1, 0.15) is 44.3 Å². The molecule has 3 N–H and O–H groups in total. The lowest BCUT2D eigenvalue weighted by molar-refractivity contribution is -0.00841. The van der Waals surface area contributed by atoms with Crippen molar-refractivity contribution in [2.75, 3.05) is 6.54 Å². The molecule has 0 saturated heterocycles. The van der Waals surface area contributed by atoms with E-state index in [-0.39, 0.29) is 5.41 Å². The maximum Gasteiger partial charge on any atom is 0.0873 e. The highest BCUT2D eigenvalue weighted by atomic mass is 79.9. The highest BCUT2D eigenvalue weighted by Gasteiger charge is 2.40. The van der Waals surface area contributed by atoms with E-state index in [4.69, 9.17) is 5.73 Å². The third kappa shape index (κ3) is 2.76. The third-order valence-corrected chi connectivity index (χ3v) is 4.73. The van der Waals surface area contributed by atoms with Crippen molar-refractivity contribution >= 4 is 15.9 Å². The van der Waals surface area contributed by atoms with E-state index in [0.717, 1.165) is 41.6 Å². The van der Waals surface area contributed by atoms with Crippen LogP contribution in [-0.4, -0.2) is 16.6 Å². The summed E-state index contributed by atoms with van der Waals surface area (Å²) in [6, 6.07) is 1.94. The largest absolute Gasteiger partial charge is 0.388 e. The van der Waals surface area contributed by atoms with E-state index < -0.39 is 6.10 Å². The summed E-state index contributed by atoms with van der Waals surface area (Å²) in [5.41, 5.74) is 6.66. The van der Waals surface area contributed by atoms with Crippen molar-refractivity contribution in [1.29, 1.82) is 0 Å². The average molecular weight is 313 g/mol. The lowest BCUT2D eigenvalue weighted by Gasteiger charge is -2.42. The second-order valence-corrected chi connectivity index (χ2v) is 6.50. The minimum absolute atomic E-state index is 0.172. The quantitative estimate of drug-likeness (QED) is 0.902. The first-order chi connectivity index (χ1) is 8.57. The van der Waals surface area contributed by atoms with Crippen LogP contribution < -0.4 is 5.73 Å². The molecule has 1 unspecified atom stereocenters. The number of rotatable bonds is 3. The van der Waals surface area contributed by atoms with E-state index in [1.165, 1.54) is 0 Å². The summed E-state index contributed by atoms with van der Waals surface area (Å²) < 4.78 is 0.899. The van der Waals surface area contributed by atoms with E-state index in [1.54, 1.807) is 12.4 Å². The SMILES string of the molecule is CC1CCC(CN)(C(O)c2cncc(Br)c2)CC1. The van der Waals surface area contributed by atoms with Crippen molar-refractivity contribution in [3.05, 3.63) is 28.5 Å². The lowest BCUT2D eigenvalue weighted by Crippen LogP contribution is -2.40. The summed E-state index contributed by atoms with van der Waals surface area (Å²) in [7, 11) is 0. The molecule has 0 radical (unpaired) electrons. The topological polar surface area (TPSA) is 59.1 Å². The molecule has 1 atom stereocenters. The van der Waals surface area contributed by atoms with E-state index >= 15 is 0 Å². The number of hydrogen-bond acceptors (Lipinski definition) is 3. The zero-order valence-corrected chi connectivity index (χ0v) is 12.4. The fourth-order valence-corrected chi connectivity index (χ4v) is 3.24. The molecule has 1 heterocycles. The van der Waals surface area contributed by atoms with Crippen LogP contribution in [0.25, 0.3) is 0 Å². The van der Waals surface area contributed by atoms with Gasteiger partial charge >= 0.3 is 0 Å². The maximum absolute atomic E-state index is 10.7. The van der Waals surface area contributed by atoms with E-state index in [1.807, 2.05) is 6.07 Å². The minimum Gasteiger partial charge on any atom is -0.388 e. The van der Waals surface area contributed by atoms with Gasteiger partial charge in [0.2, 0.25) is 0 Å². The maximum atomic E-state index is 10.7. The Kier molecular flexibility index (Phi) is 4.41. The Morgan fingerprint density at radius 1 is 1.50 bits per heavy atom. The van der Waals surface area contributed by atoms with Crippen molar-refractivity contribution in [2.24, 2.45) is 17.1 Å². The van der Waals surface area contributed by atoms with Crippen LogP contribution in [0, 0.1) is 11.3 Å². The number of halogens is 1. The lowest BCUT2D eigenvalue weighted by atomic mass is 9.66. The number of aromatic nitrogens is 1. The van der Waals surface area contributed by atoms with Crippen molar-refractivity contribution in [1.82, 2.24) is 4.98 Å². The zero-order valence-electron chi connectivity index (χ0n) is 10.8. The Morgan fingerprint density at radius 3 is 2.72 bits per heavy atom. The summed E-state index contributed by atoms with van der Waals surface area (Å²) in [5.74, 6) is 0.748. The second kappa shape index (κ2) is 5.68. The van der Waals surface area contributed by atoms with Crippen molar-refractivity contribution in [2.45, 2.75) is 38.7 Å². The first-order valence-corrected chi connectivity index (χ1v) is 7.35. The molecule has 0 spiro atoms. The molecule has 3 nitrogen and oxygen atoms in total. The predicted octanol–water partition coefficient (Wildman–Crippen LogP) is 3.03. The molecule has 1 aromatic heterocycles. The minimum atomic E-state index is -0.514. The van der Waals surface area contributed by atoms with Gasteiger partial charge in [-0.2, -0.15) is 0 Å². The summed E-state index contributed by atoms with van der Waals surface area (Å²) in [5, 5.41) is 10.7. The molecular weight excluding hydrogens is 292 g/mol. The van der Waals surface area contributed by atoms with Crippen molar-refractivity contribution in [3.8, 4) is 0 Å². The van der Waals surface area contributed by atoms with E-state index in [9.17, 15) is 5.11 Å². The van der Waals surface area contributed by atoms with Gasteiger partial charge in [0.15, 0.2) is 0 Å². The Labute approximate surface area is 117 Å². The van der Waals surface area contributed by atoms with Crippen LogP contribution in [0.2, 0.25) is 0 Å². The van der Waals surface area contributed by atoms with Crippen molar-refractivity contribution in [3.63, 3.8) is 0 Å². The number of aliphatic hydroxyl groups is 1. The smallest absolute Gasteiger partial charge is 0.0873 e. The van der Waals surface area contributed by atoms with Gasteiger partial charge in [-0.25, -0.2) is 0 Å². The van der Waals surface area contributed by atoms with Gasteiger partial charge in [-0.15, -0.1) is 0 Å². The number of hydrogen-bond donors (Lipinski definition) is 2. The van der Waals surface area contributed by atoms with Crippen LogP contribution in [0.15, 0.2) is 22.9 Å². The molecule has 18 heavy (non-hydrogen) atoms. The van der Waals surface area contributed by atoms with Gasteiger partial charge in [0, 0.05) is 34.4 Å². The summed E-state index contributed by atoms with van der Waals surface area (Å²) in [4.78, 5) is 4.13. The predicted molar refractivity (Wildman–Crippen MR) is 76.0 cm³/mol. The Balaban J connectivity index is 2.22. The van der Waals surface area contributed by atoms with Gasteiger partial charge < -0.3 is 10.8 Å². The zero-order chi connectivity index (χ0) is 13.2. The highest BCUT2D eigenvalue weighted by Crippen LogP contribution is 2.46. The Morgan fingerprint density at radius 2 is 2.17 bits per heavy atom. The van der Waals surface area contributed by atoms with Gasteiger partial charge in [0.1, 0.15) is 0 Å². The number of nitrogens with two attached hydrogens (primary N) is 1. The summed E-state index contributed by atoms with van der Waals surface area (Å²) >= 11 is 3.40. The molecular formula is C14H21BrN2O. The van der Waals surface area contributed by atoms with Crippen molar-refractivity contribution < 1.29 is 5.11 Å². The molecule has 1 aliphatic rings. The molecule has 0 aromatic carbocycles. The molecule has 1 saturated carbocycles. The first kappa shape index (κ1) is 14.0. The molecule has 4 heteroatoms. The normalized spacial score (nSPS) is 30.1. The first-order valence-electron chi connectivity index (χ1n) is 6.56. The molecule has 0 bridgehead atoms. The fourth-order valence-electron chi connectivity index (χ4n) is 2.86. The summed E-state index contributed by atoms with van der Waals surface area (Å²) in [6.07, 6.45) is 7.25. The van der Waals surface area contributed by atoms with Gasteiger partial charge in [0.05, 0.1) is 6.10 Å². The standard InChI is InChI=1S/C14H21BrN2O/c1-10-2-4-14(9-16,5-3-10)13(18)11-6-12(15)8-17-7-11/h6-8,10,13,18H,2-5,9,16H2,1H3. The van der Waals surface area contributed by atoms with Crippen LogP contribution in [0.3, 0.4) is 0 Å². The highest BCUT2D eigenvalue weighted by molar-refractivity contribution is 9.10. The number of nitrogens with zero attached hydrogens (tertiary/aromatic N) is 1. The average Bonchev–Trinajstić information content (AvgIpc) is 2.39. The summed E-state index contributed by atoms with van der Waals surface area (Å²) in [6.45, 7) is 2.81. The number of pyridine rings is 1. The monoisotopic (exact) mass is 312 g/mol. The molecule has 0 amide bonds. The van der Waals surface area contributed by atoms with Gasteiger partial charge in [-0.05, 0) is 40.8 Å². The van der Waals surface area contributed by atoms with Crippen LogP contribution in [0.5, 0.6) is 0 Å². The van der Waals surface area contributed by atoms with Crippen LogP contribution >= 0.6 is 15.9 Å². The third-order valence-electron chi connectivity index (χ3n) is 4.30. The second-order valence-electron chi connectivity index (χ2n) is 5.59. The number of aliphatic hydroxyl groups excluding tert-OH is 1. The molecule has 1 aromatic rings. The molecule has 1 aliphatic carbocycles. The molecule has 100 valence electrons.